The Kier molecular flexibility index (Phi) is 3.99. The Bertz CT molecular complexity index is 320. The van der Waals surface area contributed by atoms with E-state index < -0.39 is 0 Å². The number of rotatable bonds is 4. The van der Waals surface area contributed by atoms with Gasteiger partial charge < -0.3 is 5.32 Å². The van der Waals surface area contributed by atoms with Gasteiger partial charge in [0.15, 0.2) is 0 Å². The molecule has 0 fully saturated rings. The highest BCUT2D eigenvalue weighted by Crippen LogP contribution is 2.02. The summed E-state index contributed by atoms with van der Waals surface area (Å²) in [7, 11) is 0. The maximum Gasteiger partial charge on any atom is 0.0395 e. The van der Waals surface area contributed by atoms with Crippen molar-refractivity contribution >= 4 is 0 Å². The minimum Gasteiger partial charge on any atom is -0.387 e. The first kappa shape index (κ1) is 10.6. The topological polar surface area (TPSA) is 12.0 Å². The van der Waals surface area contributed by atoms with Crippen LogP contribution >= 0.6 is 0 Å². The fourth-order valence-corrected chi connectivity index (χ4v) is 1.09. The zero-order valence-corrected chi connectivity index (χ0v) is 8.88. The van der Waals surface area contributed by atoms with Crippen LogP contribution in [0.5, 0.6) is 0 Å². The fraction of sp³-hybridized carbons (Fsp3) is 0.231. The van der Waals surface area contributed by atoms with Crippen molar-refractivity contribution in [2.24, 2.45) is 0 Å². The Labute approximate surface area is 86.2 Å². The largest absolute Gasteiger partial charge is 0.387 e. The van der Waals surface area contributed by atoms with E-state index in [-0.39, 0.29) is 0 Å². The average Bonchev–Trinajstić information content (AvgIpc) is 2.21. The molecule has 0 unspecified atom stereocenters. The normalized spacial score (nSPS) is 11.1. The lowest BCUT2D eigenvalue weighted by Gasteiger charge is -2.02. The van der Waals surface area contributed by atoms with Crippen LogP contribution in [-0.2, 0) is 6.54 Å². The second-order valence-electron chi connectivity index (χ2n) is 3.46. The van der Waals surface area contributed by atoms with Crippen LogP contribution in [0.15, 0.2) is 48.7 Å². The third-order valence-corrected chi connectivity index (χ3v) is 2.08. The smallest absolute Gasteiger partial charge is 0.0395 e. The summed E-state index contributed by atoms with van der Waals surface area (Å²) in [5.74, 6) is 0. The Morgan fingerprint density at radius 1 is 1.36 bits per heavy atom. The van der Waals surface area contributed by atoms with Crippen LogP contribution in [0, 0.1) is 6.92 Å². The molecular formula is C13H17N. The lowest BCUT2D eigenvalue weighted by molar-refractivity contribution is 0.863. The van der Waals surface area contributed by atoms with E-state index in [1.807, 2.05) is 19.2 Å². The van der Waals surface area contributed by atoms with Gasteiger partial charge in [-0.2, -0.15) is 0 Å². The summed E-state index contributed by atoms with van der Waals surface area (Å²) >= 11 is 0. The third kappa shape index (κ3) is 3.48. The summed E-state index contributed by atoms with van der Waals surface area (Å²) in [5.41, 5.74) is 3.74. The number of benzene rings is 1. The summed E-state index contributed by atoms with van der Waals surface area (Å²) in [5, 5.41) is 3.24. The van der Waals surface area contributed by atoms with Crippen molar-refractivity contribution in [2.45, 2.75) is 20.4 Å². The van der Waals surface area contributed by atoms with Crippen LogP contribution in [0.1, 0.15) is 18.1 Å². The second kappa shape index (κ2) is 5.28. The van der Waals surface area contributed by atoms with Crippen LogP contribution < -0.4 is 5.32 Å². The van der Waals surface area contributed by atoms with Crippen molar-refractivity contribution in [3.05, 3.63) is 59.8 Å². The predicted molar refractivity (Wildman–Crippen MR) is 62.0 cm³/mol. The van der Waals surface area contributed by atoms with Crippen molar-refractivity contribution in [1.82, 2.24) is 5.32 Å². The van der Waals surface area contributed by atoms with E-state index >= 15 is 0 Å². The van der Waals surface area contributed by atoms with Gasteiger partial charge in [-0.05, 0) is 31.2 Å². The predicted octanol–water partition coefficient (Wildman–Crippen LogP) is 3.17. The van der Waals surface area contributed by atoms with E-state index in [1.165, 1.54) is 11.1 Å². The highest BCUT2D eigenvalue weighted by atomic mass is 14.8. The van der Waals surface area contributed by atoms with Crippen molar-refractivity contribution in [1.29, 1.82) is 0 Å². The number of allylic oxidation sites excluding steroid dienone is 2. The minimum absolute atomic E-state index is 0.867. The van der Waals surface area contributed by atoms with Gasteiger partial charge in [0, 0.05) is 6.54 Å². The molecule has 1 heteroatoms. The SMILES string of the molecule is C=C/C(C)=C\NCc1ccc(C)cc1. The molecule has 1 aromatic carbocycles. The van der Waals surface area contributed by atoms with E-state index in [2.05, 4.69) is 43.1 Å². The first-order valence-corrected chi connectivity index (χ1v) is 4.80. The third-order valence-electron chi connectivity index (χ3n) is 2.08. The van der Waals surface area contributed by atoms with Crippen LogP contribution in [-0.4, -0.2) is 0 Å². The first-order valence-electron chi connectivity index (χ1n) is 4.80. The molecule has 0 saturated heterocycles. The minimum atomic E-state index is 0.867. The van der Waals surface area contributed by atoms with Gasteiger partial charge in [-0.1, -0.05) is 42.5 Å². The molecular weight excluding hydrogens is 170 g/mol. The molecule has 0 heterocycles. The Hall–Kier alpha value is -1.50. The highest BCUT2D eigenvalue weighted by molar-refractivity contribution is 5.21. The van der Waals surface area contributed by atoms with Gasteiger partial charge >= 0.3 is 0 Å². The Morgan fingerprint density at radius 3 is 2.57 bits per heavy atom. The average molecular weight is 187 g/mol. The molecule has 74 valence electrons. The molecule has 1 rings (SSSR count). The zero-order valence-electron chi connectivity index (χ0n) is 8.88. The van der Waals surface area contributed by atoms with Gasteiger partial charge in [-0.15, -0.1) is 0 Å². The molecule has 0 aliphatic heterocycles. The monoisotopic (exact) mass is 187 g/mol. The van der Waals surface area contributed by atoms with Crippen LogP contribution in [0.4, 0.5) is 0 Å². The standard InChI is InChI=1S/C13H17N/c1-4-11(2)9-14-10-13-7-5-12(3)6-8-13/h4-9,14H,1,10H2,2-3H3/b11-9-. The fourth-order valence-electron chi connectivity index (χ4n) is 1.09. The van der Waals surface area contributed by atoms with E-state index in [0.717, 1.165) is 12.1 Å². The van der Waals surface area contributed by atoms with Crippen molar-refractivity contribution in [3.8, 4) is 0 Å². The molecule has 0 aliphatic rings. The van der Waals surface area contributed by atoms with E-state index in [1.54, 1.807) is 0 Å². The number of hydrogen-bond donors (Lipinski definition) is 1. The van der Waals surface area contributed by atoms with Crippen LogP contribution in [0.3, 0.4) is 0 Å². The van der Waals surface area contributed by atoms with Gasteiger partial charge in [-0.3, -0.25) is 0 Å². The van der Waals surface area contributed by atoms with E-state index in [9.17, 15) is 0 Å². The maximum atomic E-state index is 3.69. The number of aryl methyl sites for hydroxylation is 1. The Morgan fingerprint density at radius 2 is 2.00 bits per heavy atom. The summed E-state index contributed by atoms with van der Waals surface area (Å²) < 4.78 is 0. The molecule has 1 N–H and O–H groups in total. The summed E-state index contributed by atoms with van der Waals surface area (Å²) in [4.78, 5) is 0. The highest BCUT2D eigenvalue weighted by Gasteiger charge is 1.89. The lowest BCUT2D eigenvalue weighted by Crippen LogP contribution is -2.04. The van der Waals surface area contributed by atoms with Gasteiger partial charge in [-0.25, -0.2) is 0 Å². The quantitative estimate of drug-likeness (QED) is 0.714. The van der Waals surface area contributed by atoms with Crippen molar-refractivity contribution in [3.63, 3.8) is 0 Å². The molecule has 0 bridgehead atoms. The van der Waals surface area contributed by atoms with Crippen molar-refractivity contribution < 1.29 is 0 Å². The number of hydrogen-bond acceptors (Lipinski definition) is 1. The summed E-state index contributed by atoms with van der Waals surface area (Å²) in [6, 6.07) is 8.53. The summed E-state index contributed by atoms with van der Waals surface area (Å²) in [6.07, 6.45) is 3.81. The number of nitrogens with one attached hydrogen (secondary N) is 1. The van der Waals surface area contributed by atoms with Crippen molar-refractivity contribution in [2.75, 3.05) is 0 Å². The Balaban J connectivity index is 2.46. The molecule has 0 amide bonds. The molecule has 1 aromatic rings. The molecule has 0 aliphatic carbocycles. The molecule has 0 atom stereocenters. The molecule has 14 heavy (non-hydrogen) atoms. The molecule has 0 saturated carbocycles. The van der Waals surface area contributed by atoms with E-state index in [4.69, 9.17) is 0 Å². The maximum absolute atomic E-state index is 3.69. The first-order chi connectivity index (χ1) is 6.72. The van der Waals surface area contributed by atoms with Gasteiger partial charge in [0.05, 0.1) is 0 Å². The van der Waals surface area contributed by atoms with Crippen LogP contribution in [0.2, 0.25) is 0 Å². The summed E-state index contributed by atoms with van der Waals surface area (Å²) in [6.45, 7) is 8.68. The lowest BCUT2D eigenvalue weighted by atomic mass is 10.1. The molecule has 0 aromatic heterocycles. The van der Waals surface area contributed by atoms with Gasteiger partial charge in [0.2, 0.25) is 0 Å². The van der Waals surface area contributed by atoms with Gasteiger partial charge in [0.1, 0.15) is 0 Å². The van der Waals surface area contributed by atoms with Gasteiger partial charge in [0.25, 0.3) is 0 Å². The molecule has 0 spiro atoms. The zero-order chi connectivity index (χ0) is 10.4. The molecule has 0 radical (unpaired) electrons. The van der Waals surface area contributed by atoms with E-state index in [0.29, 0.717) is 0 Å². The van der Waals surface area contributed by atoms with Crippen LogP contribution in [0.25, 0.3) is 0 Å². The second-order valence-corrected chi connectivity index (χ2v) is 3.46. The molecule has 1 nitrogen and oxygen atoms in total.